The molecule has 0 bridgehead atoms. The van der Waals surface area contributed by atoms with Gasteiger partial charge in [0.1, 0.15) is 11.2 Å². The van der Waals surface area contributed by atoms with Crippen molar-refractivity contribution in [1.82, 2.24) is 0 Å². The number of aromatic carboxylic acids is 2. The molecule has 2 heterocycles. The number of carboxylic acids is 2. The highest BCUT2D eigenvalue weighted by Gasteiger charge is 2.12. The van der Waals surface area contributed by atoms with Crippen molar-refractivity contribution < 1.29 is 28.6 Å². The third-order valence-electron chi connectivity index (χ3n) is 4.94. The second kappa shape index (κ2) is 7.91. The van der Waals surface area contributed by atoms with E-state index in [0.717, 1.165) is 29.7 Å². The largest absolute Gasteiger partial charge is 0.475 e. The molecule has 8 heteroatoms. The van der Waals surface area contributed by atoms with Crippen LogP contribution in [-0.4, -0.2) is 22.2 Å². The summed E-state index contributed by atoms with van der Waals surface area (Å²) in [5.74, 6) is -3.40. The molecule has 0 fully saturated rings. The van der Waals surface area contributed by atoms with Crippen LogP contribution in [0.4, 0.5) is 0 Å². The van der Waals surface area contributed by atoms with Crippen molar-refractivity contribution in [2.45, 2.75) is 19.3 Å². The minimum absolute atomic E-state index is 0.218. The van der Waals surface area contributed by atoms with Crippen LogP contribution in [0.1, 0.15) is 38.7 Å². The number of carboxylic acid groups (broad SMARTS) is 2. The van der Waals surface area contributed by atoms with Gasteiger partial charge in [-0.15, -0.1) is 0 Å². The molecule has 2 aromatic carbocycles. The lowest BCUT2D eigenvalue weighted by Crippen LogP contribution is -2.07. The van der Waals surface area contributed by atoms with Gasteiger partial charge in [0.15, 0.2) is 10.9 Å². The van der Waals surface area contributed by atoms with Gasteiger partial charge in [-0.1, -0.05) is 12.1 Å². The van der Waals surface area contributed by atoms with E-state index in [1.807, 2.05) is 0 Å². The van der Waals surface area contributed by atoms with Crippen LogP contribution in [0.2, 0.25) is 0 Å². The SMILES string of the molecule is O=C(O)c1cc(=O)c2cc(CCCc3ccc4oc(C(=O)O)cc(=O)c4c3)ccc2o1. The zero-order valence-electron chi connectivity index (χ0n) is 16.1. The second-order valence-electron chi connectivity index (χ2n) is 7.07. The van der Waals surface area contributed by atoms with E-state index in [1.165, 1.54) is 0 Å². The number of hydrogen-bond donors (Lipinski definition) is 2. The highest BCUT2D eigenvalue weighted by molar-refractivity contribution is 5.88. The Balaban J connectivity index is 1.51. The fraction of sp³-hybridized carbons (Fsp3) is 0.130. The van der Waals surface area contributed by atoms with E-state index < -0.39 is 34.3 Å². The minimum atomic E-state index is -1.30. The van der Waals surface area contributed by atoms with Crippen LogP contribution in [0, 0.1) is 0 Å². The number of benzene rings is 2. The average molecular weight is 420 g/mol. The van der Waals surface area contributed by atoms with Crippen LogP contribution in [0.15, 0.2) is 67.0 Å². The monoisotopic (exact) mass is 420 g/mol. The van der Waals surface area contributed by atoms with Crippen molar-refractivity contribution in [2.24, 2.45) is 0 Å². The molecule has 0 unspecified atom stereocenters. The van der Waals surface area contributed by atoms with Gasteiger partial charge >= 0.3 is 11.9 Å². The van der Waals surface area contributed by atoms with Crippen LogP contribution >= 0.6 is 0 Å². The summed E-state index contributed by atoms with van der Waals surface area (Å²) < 4.78 is 10.5. The van der Waals surface area contributed by atoms with Crippen LogP contribution in [0.3, 0.4) is 0 Å². The quantitative estimate of drug-likeness (QED) is 0.484. The lowest BCUT2D eigenvalue weighted by Gasteiger charge is -2.06. The van der Waals surface area contributed by atoms with Crippen molar-refractivity contribution >= 4 is 33.9 Å². The summed E-state index contributed by atoms with van der Waals surface area (Å²) in [6.07, 6.45) is 2.04. The maximum Gasteiger partial charge on any atom is 0.371 e. The second-order valence-corrected chi connectivity index (χ2v) is 7.07. The van der Waals surface area contributed by atoms with E-state index in [4.69, 9.17) is 19.0 Å². The molecule has 8 nitrogen and oxygen atoms in total. The molecule has 0 radical (unpaired) electrons. The van der Waals surface area contributed by atoms with E-state index >= 15 is 0 Å². The summed E-state index contributed by atoms with van der Waals surface area (Å²) in [7, 11) is 0. The van der Waals surface area contributed by atoms with Crippen LogP contribution < -0.4 is 10.9 Å². The van der Waals surface area contributed by atoms with E-state index in [0.29, 0.717) is 23.6 Å². The van der Waals surface area contributed by atoms with E-state index in [2.05, 4.69) is 0 Å². The minimum Gasteiger partial charge on any atom is -0.475 e. The van der Waals surface area contributed by atoms with Crippen molar-refractivity contribution in [1.29, 1.82) is 0 Å². The predicted octanol–water partition coefficient (Wildman–Crippen LogP) is 3.47. The van der Waals surface area contributed by atoms with Gasteiger partial charge in [0, 0.05) is 12.1 Å². The van der Waals surface area contributed by atoms with E-state index in [-0.39, 0.29) is 11.2 Å². The van der Waals surface area contributed by atoms with Gasteiger partial charge in [0.05, 0.1) is 10.8 Å². The summed E-state index contributed by atoms with van der Waals surface area (Å²) in [6, 6.07) is 12.0. The lowest BCUT2D eigenvalue weighted by atomic mass is 10.0. The summed E-state index contributed by atoms with van der Waals surface area (Å²) in [5.41, 5.74) is 1.40. The Kier molecular flexibility index (Phi) is 5.12. The molecular formula is C23H16O8. The molecule has 0 saturated heterocycles. The Hall–Kier alpha value is -4.20. The predicted molar refractivity (Wildman–Crippen MR) is 111 cm³/mol. The first-order valence-electron chi connectivity index (χ1n) is 9.42. The first-order chi connectivity index (χ1) is 14.8. The standard InChI is InChI=1S/C23H16O8/c24-16-10-20(22(26)27)30-18-6-4-12(8-14(16)18)2-1-3-13-5-7-19-15(9-13)17(25)11-21(31-19)23(28)29/h4-11H,1-3H2,(H,26,27)(H,28,29). The molecule has 0 aliphatic carbocycles. The Morgan fingerprint density at radius 1 is 0.677 bits per heavy atom. The molecule has 0 atom stereocenters. The molecular weight excluding hydrogens is 404 g/mol. The van der Waals surface area contributed by atoms with Gasteiger partial charge in [-0.3, -0.25) is 9.59 Å². The molecule has 0 spiro atoms. The number of carbonyl (C=O) groups is 2. The van der Waals surface area contributed by atoms with Crippen molar-refractivity contribution in [3.63, 3.8) is 0 Å². The van der Waals surface area contributed by atoms with Gasteiger partial charge in [-0.05, 0) is 54.7 Å². The molecule has 4 rings (SSSR count). The van der Waals surface area contributed by atoms with E-state index in [9.17, 15) is 19.2 Å². The topological polar surface area (TPSA) is 135 Å². The van der Waals surface area contributed by atoms with Crippen molar-refractivity contribution in [3.05, 3.63) is 91.6 Å². The molecule has 156 valence electrons. The first kappa shape index (κ1) is 20.1. The smallest absolute Gasteiger partial charge is 0.371 e. The third-order valence-corrected chi connectivity index (χ3v) is 4.94. The highest BCUT2D eigenvalue weighted by Crippen LogP contribution is 2.19. The third kappa shape index (κ3) is 4.09. The van der Waals surface area contributed by atoms with E-state index in [1.54, 1.807) is 36.4 Å². The maximum atomic E-state index is 12.2. The molecule has 0 aliphatic rings. The van der Waals surface area contributed by atoms with Crippen molar-refractivity contribution in [3.8, 4) is 0 Å². The number of aryl methyl sites for hydroxylation is 2. The average Bonchev–Trinajstić information content (AvgIpc) is 2.74. The Labute approximate surface area is 174 Å². The number of rotatable bonds is 6. The molecule has 2 aromatic heterocycles. The molecule has 31 heavy (non-hydrogen) atoms. The first-order valence-corrected chi connectivity index (χ1v) is 9.42. The lowest BCUT2D eigenvalue weighted by molar-refractivity contribution is 0.0653. The Morgan fingerprint density at radius 2 is 1.10 bits per heavy atom. The molecule has 4 aromatic rings. The van der Waals surface area contributed by atoms with Gasteiger partial charge in [0.25, 0.3) is 0 Å². The zero-order chi connectivity index (χ0) is 22.1. The van der Waals surface area contributed by atoms with Gasteiger partial charge in [-0.25, -0.2) is 9.59 Å². The fourth-order valence-electron chi connectivity index (χ4n) is 3.43. The van der Waals surface area contributed by atoms with Crippen molar-refractivity contribution in [2.75, 3.05) is 0 Å². The summed E-state index contributed by atoms with van der Waals surface area (Å²) in [5, 5.41) is 18.6. The van der Waals surface area contributed by atoms with Crippen LogP contribution in [0.25, 0.3) is 21.9 Å². The normalized spacial score (nSPS) is 11.1. The Morgan fingerprint density at radius 3 is 1.48 bits per heavy atom. The van der Waals surface area contributed by atoms with Gasteiger partial charge < -0.3 is 19.0 Å². The summed E-state index contributed by atoms with van der Waals surface area (Å²) in [6.45, 7) is 0. The van der Waals surface area contributed by atoms with Crippen LogP contribution in [0.5, 0.6) is 0 Å². The maximum absolute atomic E-state index is 12.2. The molecule has 0 saturated carbocycles. The van der Waals surface area contributed by atoms with Gasteiger partial charge in [0.2, 0.25) is 11.5 Å². The van der Waals surface area contributed by atoms with Gasteiger partial charge in [-0.2, -0.15) is 0 Å². The van der Waals surface area contributed by atoms with Crippen LogP contribution in [-0.2, 0) is 12.8 Å². The highest BCUT2D eigenvalue weighted by atomic mass is 16.4. The Bertz CT molecular complexity index is 1350. The fourth-order valence-corrected chi connectivity index (χ4v) is 3.43. The molecule has 0 aliphatic heterocycles. The number of fused-ring (bicyclic) bond motifs is 2. The molecule has 2 N–H and O–H groups in total. The zero-order valence-corrected chi connectivity index (χ0v) is 16.1. The number of hydrogen-bond acceptors (Lipinski definition) is 6. The summed E-state index contributed by atoms with van der Waals surface area (Å²) in [4.78, 5) is 46.4. The summed E-state index contributed by atoms with van der Waals surface area (Å²) >= 11 is 0. The molecule has 0 amide bonds.